The Bertz CT molecular complexity index is 677. The van der Waals surface area contributed by atoms with E-state index in [1.807, 2.05) is 36.4 Å². The third kappa shape index (κ3) is 4.12. The Labute approximate surface area is 133 Å². The van der Waals surface area contributed by atoms with Crippen molar-refractivity contribution >= 4 is 8.07 Å². The van der Waals surface area contributed by atoms with E-state index in [1.54, 1.807) is 0 Å². The second-order valence-corrected chi connectivity index (χ2v) is 11.4. The van der Waals surface area contributed by atoms with E-state index in [9.17, 15) is 10.2 Å². The molecule has 2 nitrogen and oxygen atoms in total. The van der Waals surface area contributed by atoms with Crippen molar-refractivity contribution in [3.05, 3.63) is 47.5 Å². The standard InChI is InChI=1S/C19H22O2Si/c1-22(2,3)15-13-18(20)19(21)14-7-10-17(19)12-11-16-8-5-4-6-9-16/h4-6,8-10,18,20-21H,7,14H2,1-3H3/t18-,19+/m0/s1. The summed E-state index contributed by atoms with van der Waals surface area (Å²) in [6.07, 6.45) is 1.99. The van der Waals surface area contributed by atoms with Gasteiger partial charge in [0.2, 0.25) is 0 Å². The molecule has 0 bridgehead atoms. The summed E-state index contributed by atoms with van der Waals surface area (Å²) in [7, 11) is -1.58. The van der Waals surface area contributed by atoms with Crippen molar-refractivity contribution in [3.63, 3.8) is 0 Å². The molecule has 1 aromatic carbocycles. The lowest BCUT2D eigenvalue weighted by atomic mass is 9.89. The predicted molar refractivity (Wildman–Crippen MR) is 92.7 cm³/mol. The van der Waals surface area contributed by atoms with Crippen LogP contribution in [0.4, 0.5) is 0 Å². The molecule has 3 heteroatoms. The highest BCUT2D eigenvalue weighted by atomic mass is 28.3. The summed E-state index contributed by atoms with van der Waals surface area (Å²) in [6.45, 7) is 6.33. The zero-order valence-corrected chi connectivity index (χ0v) is 14.4. The van der Waals surface area contributed by atoms with E-state index in [-0.39, 0.29) is 0 Å². The van der Waals surface area contributed by atoms with Crippen LogP contribution in [0.2, 0.25) is 19.6 Å². The van der Waals surface area contributed by atoms with Crippen LogP contribution in [0.25, 0.3) is 0 Å². The van der Waals surface area contributed by atoms with Crippen molar-refractivity contribution in [2.45, 2.75) is 44.2 Å². The minimum Gasteiger partial charge on any atom is -0.381 e. The molecule has 2 rings (SSSR count). The van der Waals surface area contributed by atoms with E-state index in [0.29, 0.717) is 18.4 Å². The van der Waals surface area contributed by atoms with Crippen LogP contribution in [0.1, 0.15) is 18.4 Å². The lowest BCUT2D eigenvalue weighted by molar-refractivity contribution is -0.0139. The van der Waals surface area contributed by atoms with Crippen molar-refractivity contribution in [2.75, 3.05) is 0 Å². The first-order chi connectivity index (χ1) is 10.3. The number of hydrogen-bond acceptors (Lipinski definition) is 2. The first kappa shape index (κ1) is 16.6. The average Bonchev–Trinajstić information content (AvgIpc) is 2.85. The smallest absolute Gasteiger partial charge is 0.147 e. The van der Waals surface area contributed by atoms with Gasteiger partial charge in [-0.05, 0) is 25.0 Å². The highest BCUT2D eigenvalue weighted by Gasteiger charge is 2.40. The zero-order valence-electron chi connectivity index (χ0n) is 13.4. The van der Waals surface area contributed by atoms with Gasteiger partial charge in [-0.1, -0.05) is 61.7 Å². The summed E-state index contributed by atoms with van der Waals surface area (Å²) in [4.78, 5) is 0. The maximum atomic E-state index is 10.8. The van der Waals surface area contributed by atoms with E-state index in [2.05, 4.69) is 42.9 Å². The molecule has 114 valence electrons. The van der Waals surface area contributed by atoms with Crippen LogP contribution < -0.4 is 0 Å². The fourth-order valence-electron chi connectivity index (χ4n) is 2.26. The number of aliphatic hydroxyl groups is 2. The molecule has 0 spiro atoms. The number of allylic oxidation sites excluding steroid dienone is 1. The molecule has 0 unspecified atom stereocenters. The fraction of sp³-hybridized carbons (Fsp3) is 0.368. The molecule has 0 heterocycles. The third-order valence-electron chi connectivity index (χ3n) is 3.49. The maximum Gasteiger partial charge on any atom is 0.147 e. The second kappa shape index (κ2) is 6.54. The molecule has 0 aromatic heterocycles. The maximum absolute atomic E-state index is 10.8. The number of aliphatic hydroxyl groups excluding tert-OH is 1. The fourth-order valence-corrected chi connectivity index (χ4v) is 2.83. The summed E-state index contributed by atoms with van der Waals surface area (Å²) in [5.41, 5.74) is 3.25. The van der Waals surface area contributed by atoms with Gasteiger partial charge >= 0.3 is 0 Å². The van der Waals surface area contributed by atoms with Gasteiger partial charge in [0.1, 0.15) is 19.8 Å². The normalized spacial score (nSPS) is 22.0. The van der Waals surface area contributed by atoms with Gasteiger partial charge in [0, 0.05) is 11.1 Å². The van der Waals surface area contributed by atoms with Crippen molar-refractivity contribution < 1.29 is 10.2 Å². The third-order valence-corrected chi connectivity index (χ3v) is 4.39. The Balaban J connectivity index is 2.22. The quantitative estimate of drug-likeness (QED) is 0.618. The lowest BCUT2D eigenvalue weighted by Crippen LogP contribution is -2.41. The summed E-state index contributed by atoms with van der Waals surface area (Å²) >= 11 is 0. The van der Waals surface area contributed by atoms with E-state index in [4.69, 9.17) is 0 Å². The number of hydrogen-bond donors (Lipinski definition) is 2. The zero-order chi connectivity index (χ0) is 16.2. The average molecular weight is 310 g/mol. The summed E-state index contributed by atoms with van der Waals surface area (Å²) < 4.78 is 0. The first-order valence-corrected chi connectivity index (χ1v) is 11.0. The van der Waals surface area contributed by atoms with Gasteiger partial charge in [0.15, 0.2) is 0 Å². The van der Waals surface area contributed by atoms with Crippen molar-refractivity contribution in [1.82, 2.24) is 0 Å². The Morgan fingerprint density at radius 1 is 1.14 bits per heavy atom. The minimum absolute atomic E-state index is 0.466. The molecule has 0 fully saturated rings. The molecule has 0 saturated heterocycles. The summed E-state index contributed by atoms with van der Waals surface area (Å²) in [5.74, 6) is 8.89. The number of benzene rings is 1. The van der Waals surface area contributed by atoms with Gasteiger partial charge in [-0.25, -0.2) is 0 Å². The van der Waals surface area contributed by atoms with E-state index >= 15 is 0 Å². The Morgan fingerprint density at radius 3 is 2.45 bits per heavy atom. The van der Waals surface area contributed by atoms with Crippen LogP contribution in [0.15, 0.2) is 42.0 Å². The van der Waals surface area contributed by atoms with Gasteiger partial charge in [0.05, 0.1) is 0 Å². The van der Waals surface area contributed by atoms with Crippen molar-refractivity contribution in [2.24, 2.45) is 0 Å². The van der Waals surface area contributed by atoms with E-state index < -0.39 is 19.8 Å². The van der Waals surface area contributed by atoms with E-state index in [1.165, 1.54) is 0 Å². The number of rotatable bonds is 1. The van der Waals surface area contributed by atoms with Crippen LogP contribution in [-0.4, -0.2) is 30.0 Å². The Morgan fingerprint density at radius 2 is 1.82 bits per heavy atom. The molecule has 1 aromatic rings. The highest BCUT2D eigenvalue weighted by Crippen LogP contribution is 2.33. The predicted octanol–water partition coefficient (Wildman–Crippen LogP) is 2.73. The summed E-state index contributed by atoms with van der Waals surface area (Å²) in [5, 5.41) is 21.1. The Hall–Kier alpha value is -1.78. The highest BCUT2D eigenvalue weighted by molar-refractivity contribution is 6.83. The molecule has 2 N–H and O–H groups in total. The molecular formula is C19H22O2Si. The van der Waals surface area contributed by atoms with Gasteiger partial charge < -0.3 is 10.2 Å². The van der Waals surface area contributed by atoms with Crippen LogP contribution in [-0.2, 0) is 0 Å². The Kier molecular flexibility index (Phi) is 4.93. The second-order valence-electron chi connectivity index (χ2n) is 6.62. The SMILES string of the molecule is C[Si](C)(C)C#C[C@H](O)[C@@]1(O)CCC=C1C#Cc1ccccc1. The van der Waals surface area contributed by atoms with Gasteiger partial charge in [-0.2, -0.15) is 0 Å². The monoisotopic (exact) mass is 310 g/mol. The van der Waals surface area contributed by atoms with Crippen LogP contribution in [0, 0.1) is 23.3 Å². The van der Waals surface area contributed by atoms with Crippen LogP contribution >= 0.6 is 0 Å². The molecule has 0 amide bonds. The largest absolute Gasteiger partial charge is 0.381 e. The molecular weight excluding hydrogens is 288 g/mol. The summed E-state index contributed by atoms with van der Waals surface area (Å²) in [6, 6.07) is 9.62. The van der Waals surface area contributed by atoms with Crippen LogP contribution in [0.3, 0.4) is 0 Å². The molecule has 1 aliphatic rings. The molecule has 0 aliphatic heterocycles. The first-order valence-electron chi connectivity index (χ1n) is 7.52. The van der Waals surface area contributed by atoms with Crippen LogP contribution in [0.5, 0.6) is 0 Å². The van der Waals surface area contributed by atoms with Crippen molar-refractivity contribution in [1.29, 1.82) is 0 Å². The topological polar surface area (TPSA) is 40.5 Å². The van der Waals surface area contributed by atoms with Gasteiger partial charge in [-0.15, -0.1) is 5.54 Å². The lowest BCUT2D eigenvalue weighted by Gasteiger charge is -2.26. The molecule has 22 heavy (non-hydrogen) atoms. The van der Waals surface area contributed by atoms with Gasteiger partial charge in [0.25, 0.3) is 0 Å². The minimum atomic E-state index is -1.58. The van der Waals surface area contributed by atoms with Crippen molar-refractivity contribution in [3.8, 4) is 23.3 Å². The van der Waals surface area contributed by atoms with Gasteiger partial charge in [-0.3, -0.25) is 0 Å². The molecule has 0 saturated carbocycles. The van der Waals surface area contributed by atoms with E-state index in [0.717, 1.165) is 5.56 Å². The molecule has 0 radical (unpaired) electrons. The molecule has 1 aliphatic carbocycles. The molecule has 2 atom stereocenters.